The highest BCUT2D eigenvalue weighted by molar-refractivity contribution is 5.65. The van der Waals surface area contributed by atoms with Crippen LogP contribution < -0.4 is 20.1 Å². The molecule has 0 amide bonds. The van der Waals surface area contributed by atoms with Crippen LogP contribution in [0.3, 0.4) is 0 Å². The Kier molecular flexibility index (Phi) is 5.27. The Hall–Kier alpha value is -2.78. The third-order valence-corrected chi connectivity index (χ3v) is 2.97. The molecular formula is C14H14F4N4O2. The molecule has 2 N–H and O–H groups in total. The van der Waals surface area contributed by atoms with Gasteiger partial charge in [0.2, 0.25) is 12.8 Å². The maximum atomic E-state index is 12.8. The van der Waals surface area contributed by atoms with Crippen LogP contribution in [0, 0.1) is 0 Å². The molecule has 0 aliphatic heterocycles. The lowest BCUT2D eigenvalue weighted by Crippen LogP contribution is -2.12. The summed E-state index contributed by atoms with van der Waals surface area (Å²) in [6.45, 7) is -1.07. The van der Waals surface area contributed by atoms with Crippen molar-refractivity contribution in [1.82, 2.24) is 9.97 Å². The molecule has 130 valence electrons. The van der Waals surface area contributed by atoms with Crippen molar-refractivity contribution >= 4 is 17.5 Å². The summed E-state index contributed by atoms with van der Waals surface area (Å²) in [6.07, 6.45) is -3.94. The summed E-state index contributed by atoms with van der Waals surface area (Å²) in [7, 11) is 2.74. The van der Waals surface area contributed by atoms with Crippen LogP contribution in [0.25, 0.3) is 0 Å². The standard InChI is InChI=1S/C14H14F4N4O2/c1-19-12-9(14(16,17)18)6-20-13(22-12)21-10-5-8(23-2)3-4-11(10)24-7-15/h3-6H,7H2,1-2H3,(H2,19,20,21,22). The van der Waals surface area contributed by atoms with Crippen LogP contribution >= 0.6 is 0 Å². The quantitative estimate of drug-likeness (QED) is 0.779. The van der Waals surface area contributed by atoms with Crippen LogP contribution in [0.15, 0.2) is 24.4 Å². The summed E-state index contributed by atoms with van der Waals surface area (Å²) in [5.41, 5.74) is -0.754. The monoisotopic (exact) mass is 346 g/mol. The van der Waals surface area contributed by atoms with E-state index in [1.165, 1.54) is 26.3 Å². The van der Waals surface area contributed by atoms with Gasteiger partial charge in [0.1, 0.15) is 22.9 Å². The Balaban J connectivity index is 2.37. The predicted molar refractivity (Wildman–Crippen MR) is 79.5 cm³/mol. The van der Waals surface area contributed by atoms with E-state index in [9.17, 15) is 17.6 Å². The van der Waals surface area contributed by atoms with Crippen LogP contribution in [0.1, 0.15) is 5.56 Å². The van der Waals surface area contributed by atoms with Crippen molar-refractivity contribution in [3.63, 3.8) is 0 Å². The van der Waals surface area contributed by atoms with Crippen molar-refractivity contribution in [3.05, 3.63) is 30.0 Å². The smallest absolute Gasteiger partial charge is 0.421 e. The fourth-order valence-corrected chi connectivity index (χ4v) is 1.88. The molecule has 0 radical (unpaired) electrons. The maximum Gasteiger partial charge on any atom is 0.421 e. The molecule has 0 aliphatic rings. The van der Waals surface area contributed by atoms with Gasteiger partial charge in [0, 0.05) is 19.3 Å². The van der Waals surface area contributed by atoms with Gasteiger partial charge in [0.15, 0.2) is 0 Å². The first-order valence-electron chi connectivity index (χ1n) is 6.65. The number of hydrogen-bond donors (Lipinski definition) is 2. The summed E-state index contributed by atoms with van der Waals surface area (Å²) in [6, 6.07) is 4.47. The van der Waals surface area contributed by atoms with Gasteiger partial charge in [-0.1, -0.05) is 0 Å². The van der Waals surface area contributed by atoms with Crippen LogP contribution in [0.5, 0.6) is 11.5 Å². The fraction of sp³-hybridized carbons (Fsp3) is 0.286. The van der Waals surface area contributed by atoms with E-state index in [1.807, 2.05) is 0 Å². The van der Waals surface area contributed by atoms with E-state index >= 15 is 0 Å². The minimum Gasteiger partial charge on any atom is -0.497 e. The van der Waals surface area contributed by atoms with Crippen LogP contribution in [0.2, 0.25) is 0 Å². The third-order valence-electron chi connectivity index (χ3n) is 2.97. The van der Waals surface area contributed by atoms with Crippen molar-refractivity contribution < 1.29 is 27.0 Å². The second kappa shape index (κ2) is 7.20. The van der Waals surface area contributed by atoms with E-state index < -0.39 is 24.4 Å². The van der Waals surface area contributed by atoms with Crippen molar-refractivity contribution in [2.24, 2.45) is 0 Å². The number of nitrogens with one attached hydrogen (secondary N) is 2. The second-order valence-electron chi connectivity index (χ2n) is 4.44. The number of rotatable bonds is 6. The second-order valence-corrected chi connectivity index (χ2v) is 4.44. The van der Waals surface area contributed by atoms with Gasteiger partial charge in [-0.25, -0.2) is 9.37 Å². The SMILES string of the molecule is CNc1nc(Nc2cc(OC)ccc2OCF)ncc1C(F)(F)F. The Morgan fingerprint density at radius 2 is 2.00 bits per heavy atom. The molecule has 0 saturated heterocycles. The number of benzene rings is 1. The topological polar surface area (TPSA) is 68.3 Å². The van der Waals surface area contributed by atoms with Crippen LogP contribution in [-0.4, -0.2) is 31.0 Å². The third kappa shape index (κ3) is 3.94. The molecule has 10 heteroatoms. The fourth-order valence-electron chi connectivity index (χ4n) is 1.88. The average Bonchev–Trinajstić information content (AvgIpc) is 2.55. The first-order chi connectivity index (χ1) is 11.4. The van der Waals surface area contributed by atoms with Crippen molar-refractivity contribution in [3.8, 4) is 11.5 Å². The molecule has 0 saturated carbocycles. The van der Waals surface area contributed by atoms with Gasteiger partial charge < -0.3 is 20.1 Å². The number of methoxy groups -OCH3 is 1. The Labute approximate surface area is 134 Å². The van der Waals surface area contributed by atoms with Gasteiger partial charge in [0.25, 0.3) is 0 Å². The minimum atomic E-state index is -4.59. The molecule has 1 aromatic carbocycles. The zero-order valence-corrected chi connectivity index (χ0v) is 12.7. The molecule has 0 spiro atoms. The van der Waals surface area contributed by atoms with E-state index in [1.54, 1.807) is 6.07 Å². The predicted octanol–water partition coefficient (Wildman–Crippen LogP) is 3.60. The summed E-state index contributed by atoms with van der Waals surface area (Å²) < 4.78 is 60.8. The molecule has 6 nitrogen and oxygen atoms in total. The molecular weight excluding hydrogens is 332 g/mol. The van der Waals surface area contributed by atoms with E-state index in [0.717, 1.165) is 0 Å². The summed E-state index contributed by atoms with van der Waals surface area (Å²) in [5.74, 6) is 0.0532. The van der Waals surface area contributed by atoms with Gasteiger partial charge in [-0.3, -0.25) is 0 Å². The lowest BCUT2D eigenvalue weighted by atomic mass is 10.2. The molecule has 24 heavy (non-hydrogen) atoms. The highest BCUT2D eigenvalue weighted by atomic mass is 19.4. The van der Waals surface area contributed by atoms with Crippen molar-refractivity contribution in [2.75, 3.05) is 31.7 Å². The first kappa shape index (κ1) is 17.6. The van der Waals surface area contributed by atoms with E-state index in [4.69, 9.17) is 9.47 Å². The number of anilines is 3. The molecule has 0 fully saturated rings. The van der Waals surface area contributed by atoms with Gasteiger partial charge in [-0.15, -0.1) is 0 Å². The molecule has 2 rings (SSSR count). The molecule has 0 aliphatic carbocycles. The van der Waals surface area contributed by atoms with Gasteiger partial charge in [-0.05, 0) is 12.1 Å². The number of halogens is 4. The van der Waals surface area contributed by atoms with E-state index in [0.29, 0.717) is 11.9 Å². The number of aromatic nitrogens is 2. The van der Waals surface area contributed by atoms with E-state index in [2.05, 4.69) is 20.6 Å². The highest BCUT2D eigenvalue weighted by Crippen LogP contribution is 2.35. The number of alkyl halides is 4. The van der Waals surface area contributed by atoms with Crippen LogP contribution in [0.4, 0.5) is 35.0 Å². The molecule has 2 aromatic rings. The normalized spacial score (nSPS) is 11.1. The molecule has 1 aromatic heterocycles. The first-order valence-corrected chi connectivity index (χ1v) is 6.65. The summed E-state index contributed by atoms with van der Waals surface area (Å²) >= 11 is 0. The highest BCUT2D eigenvalue weighted by Gasteiger charge is 2.35. The Bertz CT molecular complexity index is 710. The summed E-state index contributed by atoms with van der Waals surface area (Å²) in [4.78, 5) is 7.40. The minimum absolute atomic E-state index is 0.121. The Morgan fingerprint density at radius 3 is 2.58 bits per heavy atom. The van der Waals surface area contributed by atoms with Crippen molar-refractivity contribution in [1.29, 1.82) is 0 Å². The maximum absolute atomic E-state index is 12.8. The van der Waals surface area contributed by atoms with Gasteiger partial charge in [-0.2, -0.15) is 18.2 Å². The number of nitrogens with zero attached hydrogens (tertiary/aromatic N) is 2. The zero-order valence-electron chi connectivity index (χ0n) is 12.7. The zero-order chi connectivity index (χ0) is 17.7. The largest absolute Gasteiger partial charge is 0.497 e. The average molecular weight is 346 g/mol. The molecule has 0 atom stereocenters. The number of hydrogen-bond acceptors (Lipinski definition) is 6. The lowest BCUT2D eigenvalue weighted by Gasteiger charge is -2.15. The van der Waals surface area contributed by atoms with Crippen molar-refractivity contribution in [2.45, 2.75) is 6.18 Å². The van der Waals surface area contributed by atoms with E-state index in [-0.39, 0.29) is 17.4 Å². The van der Waals surface area contributed by atoms with Crippen LogP contribution in [-0.2, 0) is 6.18 Å². The molecule has 0 bridgehead atoms. The van der Waals surface area contributed by atoms with Gasteiger partial charge in [0.05, 0.1) is 12.8 Å². The molecule has 0 unspecified atom stereocenters. The molecule has 1 heterocycles. The van der Waals surface area contributed by atoms with Gasteiger partial charge >= 0.3 is 6.18 Å². The Morgan fingerprint density at radius 1 is 1.25 bits per heavy atom. The summed E-state index contributed by atoms with van der Waals surface area (Å²) in [5, 5.41) is 5.05. The number of ether oxygens (including phenoxy) is 2. The lowest BCUT2D eigenvalue weighted by molar-refractivity contribution is -0.137.